The van der Waals surface area contributed by atoms with Gasteiger partial charge in [-0.3, -0.25) is 9.52 Å². The quantitative estimate of drug-likeness (QED) is 0.740. The van der Waals surface area contributed by atoms with Gasteiger partial charge < -0.3 is 11.1 Å². The average Bonchev–Trinajstić information content (AvgIpc) is 2.99. The van der Waals surface area contributed by atoms with Crippen molar-refractivity contribution in [2.24, 2.45) is 5.73 Å². The Bertz CT molecular complexity index is 579. The molecule has 1 amide bonds. The number of carbonyl (C=O) groups excluding carboxylic acids is 1. The van der Waals surface area contributed by atoms with E-state index in [1.807, 2.05) is 0 Å². The predicted molar refractivity (Wildman–Crippen MR) is 69.7 cm³/mol. The fourth-order valence-electron chi connectivity index (χ4n) is 1.49. The van der Waals surface area contributed by atoms with Gasteiger partial charge in [-0.15, -0.1) is 0 Å². The molecule has 98 valence electrons. The van der Waals surface area contributed by atoms with Crippen molar-refractivity contribution in [3.63, 3.8) is 0 Å². The van der Waals surface area contributed by atoms with E-state index in [2.05, 4.69) is 10.0 Å². The number of carbonyl (C=O) groups is 1. The van der Waals surface area contributed by atoms with Crippen LogP contribution in [0.1, 0.15) is 12.8 Å². The smallest absolute Gasteiger partial charge is 0.244 e. The molecule has 1 aromatic rings. The lowest BCUT2D eigenvalue weighted by atomic mass is 10.2. The lowest BCUT2D eigenvalue weighted by Crippen LogP contribution is -2.38. The highest BCUT2D eigenvalue weighted by molar-refractivity contribution is 7.92. The lowest BCUT2D eigenvalue weighted by Gasteiger charge is -2.14. The number of rotatable bonds is 4. The molecular weight excluding hydrogens is 254 g/mol. The summed E-state index contributed by atoms with van der Waals surface area (Å²) in [6.45, 7) is 0. The fourth-order valence-corrected chi connectivity index (χ4v) is 2.07. The second-order valence-electron chi connectivity index (χ2n) is 4.53. The summed E-state index contributed by atoms with van der Waals surface area (Å²) in [5.74, 6) is -0.287. The summed E-state index contributed by atoms with van der Waals surface area (Å²) in [4.78, 5) is 11.8. The van der Waals surface area contributed by atoms with Crippen LogP contribution in [-0.4, -0.2) is 26.1 Å². The van der Waals surface area contributed by atoms with Crippen molar-refractivity contribution in [3.05, 3.63) is 24.3 Å². The van der Waals surface area contributed by atoms with Gasteiger partial charge in [0.1, 0.15) is 0 Å². The van der Waals surface area contributed by atoms with Crippen molar-refractivity contribution in [2.45, 2.75) is 18.4 Å². The zero-order valence-electron chi connectivity index (χ0n) is 9.93. The number of anilines is 2. The predicted octanol–water partition coefficient (Wildman–Crippen LogP) is 0.488. The van der Waals surface area contributed by atoms with Crippen LogP contribution in [0.2, 0.25) is 0 Å². The zero-order chi connectivity index (χ0) is 13.4. The molecular formula is C11H15N3O3S. The molecule has 0 saturated heterocycles. The molecule has 1 saturated carbocycles. The molecule has 6 nitrogen and oxygen atoms in total. The highest BCUT2D eigenvalue weighted by Gasteiger charge is 2.46. The van der Waals surface area contributed by atoms with Gasteiger partial charge in [0.2, 0.25) is 15.9 Å². The molecule has 4 N–H and O–H groups in total. The minimum Gasteiger partial charge on any atom is -0.323 e. The van der Waals surface area contributed by atoms with E-state index >= 15 is 0 Å². The number of benzene rings is 1. The minimum atomic E-state index is -3.39. The van der Waals surface area contributed by atoms with Crippen LogP contribution in [0.4, 0.5) is 11.4 Å². The van der Waals surface area contributed by atoms with Crippen LogP contribution in [0.25, 0.3) is 0 Å². The van der Waals surface area contributed by atoms with Gasteiger partial charge >= 0.3 is 0 Å². The highest BCUT2D eigenvalue weighted by atomic mass is 32.2. The lowest BCUT2D eigenvalue weighted by molar-refractivity contribution is -0.118. The van der Waals surface area contributed by atoms with Crippen LogP contribution in [0.5, 0.6) is 0 Å². The van der Waals surface area contributed by atoms with E-state index in [1.165, 1.54) is 0 Å². The number of hydrogen-bond acceptors (Lipinski definition) is 4. The molecule has 18 heavy (non-hydrogen) atoms. The number of para-hydroxylation sites is 2. The van der Waals surface area contributed by atoms with E-state index in [1.54, 1.807) is 24.3 Å². The number of hydrogen-bond donors (Lipinski definition) is 3. The molecule has 0 heterocycles. The van der Waals surface area contributed by atoms with E-state index in [0.717, 1.165) is 6.26 Å². The Morgan fingerprint density at radius 3 is 2.33 bits per heavy atom. The monoisotopic (exact) mass is 269 g/mol. The van der Waals surface area contributed by atoms with Crippen LogP contribution < -0.4 is 15.8 Å². The topological polar surface area (TPSA) is 101 Å². The van der Waals surface area contributed by atoms with Crippen LogP contribution in [0.3, 0.4) is 0 Å². The molecule has 0 aromatic heterocycles. The molecule has 1 fully saturated rings. The van der Waals surface area contributed by atoms with E-state index in [9.17, 15) is 13.2 Å². The van der Waals surface area contributed by atoms with E-state index in [0.29, 0.717) is 24.2 Å². The van der Waals surface area contributed by atoms with E-state index < -0.39 is 15.6 Å². The minimum absolute atomic E-state index is 0.287. The van der Waals surface area contributed by atoms with Gasteiger partial charge in [-0.05, 0) is 25.0 Å². The molecule has 7 heteroatoms. The van der Waals surface area contributed by atoms with E-state index in [-0.39, 0.29) is 5.91 Å². The number of nitrogens with one attached hydrogen (secondary N) is 2. The van der Waals surface area contributed by atoms with Crippen LogP contribution in [0, 0.1) is 0 Å². The first-order chi connectivity index (χ1) is 8.30. The van der Waals surface area contributed by atoms with Crippen molar-refractivity contribution in [3.8, 4) is 0 Å². The van der Waals surface area contributed by atoms with Crippen molar-refractivity contribution in [1.82, 2.24) is 0 Å². The summed E-state index contributed by atoms with van der Waals surface area (Å²) in [7, 11) is -3.39. The first kappa shape index (κ1) is 12.8. The molecule has 2 rings (SSSR count). The average molecular weight is 269 g/mol. The highest BCUT2D eigenvalue weighted by Crippen LogP contribution is 2.34. The Hall–Kier alpha value is -1.60. The third kappa shape index (κ3) is 2.99. The molecule has 1 aromatic carbocycles. The molecule has 0 bridgehead atoms. The maximum absolute atomic E-state index is 11.8. The second kappa shape index (κ2) is 4.25. The summed E-state index contributed by atoms with van der Waals surface area (Å²) in [6.07, 6.45) is 2.36. The van der Waals surface area contributed by atoms with E-state index in [4.69, 9.17) is 5.73 Å². The first-order valence-electron chi connectivity index (χ1n) is 5.47. The largest absolute Gasteiger partial charge is 0.323 e. The molecule has 0 unspecified atom stereocenters. The number of amides is 1. The van der Waals surface area contributed by atoms with Crippen molar-refractivity contribution in [2.75, 3.05) is 16.3 Å². The van der Waals surface area contributed by atoms with Crippen LogP contribution in [0.15, 0.2) is 24.3 Å². The van der Waals surface area contributed by atoms with Crippen molar-refractivity contribution >= 4 is 27.3 Å². The normalized spacial score (nSPS) is 17.0. The summed E-state index contributed by atoms with van der Waals surface area (Å²) in [5.41, 5.74) is 5.71. The fraction of sp³-hybridized carbons (Fsp3) is 0.364. The summed E-state index contributed by atoms with van der Waals surface area (Å²) < 4.78 is 24.7. The Labute approximate surface area is 106 Å². The van der Waals surface area contributed by atoms with Crippen LogP contribution >= 0.6 is 0 Å². The molecule has 0 atom stereocenters. The van der Waals surface area contributed by atoms with Gasteiger partial charge in [0.05, 0.1) is 23.2 Å². The summed E-state index contributed by atoms with van der Waals surface area (Å²) in [6, 6.07) is 6.58. The first-order valence-corrected chi connectivity index (χ1v) is 7.36. The van der Waals surface area contributed by atoms with Crippen LogP contribution in [-0.2, 0) is 14.8 Å². The number of sulfonamides is 1. The second-order valence-corrected chi connectivity index (χ2v) is 6.28. The van der Waals surface area contributed by atoms with Gasteiger partial charge in [0, 0.05) is 0 Å². The number of nitrogens with two attached hydrogens (primary N) is 1. The molecule has 1 aliphatic carbocycles. The molecule has 1 aliphatic rings. The third-order valence-electron chi connectivity index (χ3n) is 2.71. The van der Waals surface area contributed by atoms with Gasteiger partial charge in [-0.25, -0.2) is 8.42 Å². The Balaban J connectivity index is 2.20. The molecule has 0 aliphatic heterocycles. The summed E-state index contributed by atoms with van der Waals surface area (Å²) in [5, 5.41) is 2.64. The molecule has 0 radical (unpaired) electrons. The maximum atomic E-state index is 11.8. The van der Waals surface area contributed by atoms with Crippen molar-refractivity contribution < 1.29 is 13.2 Å². The van der Waals surface area contributed by atoms with Gasteiger partial charge in [-0.1, -0.05) is 12.1 Å². The Morgan fingerprint density at radius 2 is 1.83 bits per heavy atom. The van der Waals surface area contributed by atoms with Crippen molar-refractivity contribution in [1.29, 1.82) is 0 Å². The van der Waals surface area contributed by atoms with Gasteiger partial charge in [0.25, 0.3) is 0 Å². The summed E-state index contributed by atoms with van der Waals surface area (Å²) >= 11 is 0. The Morgan fingerprint density at radius 1 is 1.28 bits per heavy atom. The van der Waals surface area contributed by atoms with Gasteiger partial charge in [0.15, 0.2) is 0 Å². The standard InChI is InChI=1S/C11H15N3O3S/c1-18(16,17)14-9-5-3-2-4-8(9)13-10(15)11(12)6-7-11/h2-5,14H,6-7,12H2,1H3,(H,13,15). The third-order valence-corrected chi connectivity index (χ3v) is 3.30. The Kier molecular flexibility index (Phi) is 3.04. The maximum Gasteiger partial charge on any atom is 0.244 e. The SMILES string of the molecule is CS(=O)(=O)Nc1ccccc1NC(=O)C1(N)CC1. The van der Waals surface area contributed by atoms with Gasteiger partial charge in [-0.2, -0.15) is 0 Å². The molecule has 0 spiro atoms. The zero-order valence-corrected chi connectivity index (χ0v) is 10.8.